The van der Waals surface area contributed by atoms with Gasteiger partial charge in [-0.05, 0) is 55.2 Å². The van der Waals surface area contributed by atoms with Crippen molar-refractivity contribution in [3.8, 4) is 11.5 Å². The quantitative estimate of drug-likeness (QED) is 0.581. The third kappa shape index (κ3) is 3.07. The van der Waals surface area contributed by atoms with Crippen molar-refractivity contribution in [3.05, 3.63) is 62.8 Å². The molecule has 4 nitrogen and oxygen atoms in total. The maximum Gasteiger partial charge on any atom is 0.232 e. The first-order chi connectivity index (χ1) is 13.6. The number of ketones is 1. The number of hydrogen-bond donors (Lipinski definition) is 0. The average molecular weight is 440 g/mol. The van der Waals surface area contributed by atoms with E-state index in [4.69, 9.17) is 9.47 Å². The predicted octanol–water partition coefficient (Wildman–Crippen LogP) is 5.47. The normalized spacial score (nSPS) is 20.8. The molecule has 0 atom stereocenters. The molecule has 2 aromatic carbocycles. The highest BCUT2D eigenvalue weighted by molar-refractivity contribution is 9.10. The number of allylic oxidation sites excluding steroid dienone is 1. The fourth-order valence-corrected chi connectivity index (χ4v) is 4.73. The number of fused-ring (bicyclic) bond motifs is 3. The van der Waals surface area contributed by atoms with Crippen LogP contribution in [0, 0.1) is 6.92 Å². The fourth-order valence-electron chi connectivity index (χ4n) is 4.46. The molecule has 2 aromatic rings. The molecule has 0 saturated heterocycles. The van der Waals surface area contributed by atoms with Crippen LogP contribution < -0.4 is 9.47 Å². The summed E-state index contributed by atoms with van der Waals surface area (Å²) < 4.78 is 13.2. The number of carbonyl (C=O) groups is 1. The van der Waals surface area contributed by atoms with Crippen LogP contribution in [-0.4, -0.2) is 23.5 Å². The molecule has 0 radical (unpaired) electrons. The number of Topliss-reactive ketones (excluding diaryl/α,β-unsaturated/α-hetero) is 1. The lowest BCUT2D eigenvalue weighted by Gasteiger charge is -2.34. The van der Waals surface area contributed by atoms with E-state index in [0.717, 1.165) is 33.5 Å². The molecule has 0 amide bonds. The number of nitrogens with zero attached hydrogens (tertiary/aromatic N) is 1. The van der Waals surface area contributed by atoms with Crippen LogP contribution in [0.3, 0.4) is 0 Å². The molecule has 0 spiro atoms. The van der Waals surface area contributed by atoms with E-state index in [1.807, 2.05) is 43.3 Å². The number of hydrogen-bond acceptors (Lipinski definition) is 4. The predicted molar refractivity (Wildman–Crippen MR) is 112 cm³/mol. The summed E-state index contributed by atoms with van der Waals surface area (Å²) in [5, 5.41) is 0. The van der Waals surface area contributed by atoms with E-state index in [0.29, 0.717) is 29.8 Å². The number of rotatable bonds is 2. The second-order valence-corrected chi connectivity index (χ2v) is 8.74. The van der Waals surface area contributed by atoms with Crippen LogP contribution in [0.2, 0.25) is 0 Å². The van der Waals surface area contributed by atoms with Gasteiger partial charge in [0.15, 0.2) is 5.76 Å². The van der Waals surface area contributed by atoms with E-state index in [9.17, 15) is 4.79 Å². The summed E-state index contributed by atoms with van der Waals surface area (Å²) in [7, 11) is 0. The second kappa shape index (κ2) is 7.05. The molecule has 0 bridgehead atoms. The summed E-state index contributed by atoms with van der Waals surface area (Å²) in [5.41, 5.74) is 3.53. The number of halogens is 1. The van der Waals surface area contributed by atoms with Crippen LogP contribution in [0.1, 0.15) is 52.7 Å². The van der Waals surface area contributed by atoms with E-state index < -0.39 is 0 Å². The van der Waals surface area contributed by atoms with Crippen LogP contribution in [0.5, 0.6) is 11.5 Å². The zero-order valence-electron chi connectivity index (χ0n) is 15.8. The van der Waals surface area contributed by atoms with Crippen LogP contribution in [-0.2, 0) is 6.54 Å². The molecule has 1 aliphatic carbocycles. The van der Waals surface area contributed by atoms with E-state index in [1.165, 1.54) is 25.7 Å². The third-order valence-corrected chi connectivity index (χ3v) is 6.49. The molecule has 5 heteroatoms. The van der Waals surface area contributed by atoms with E-state index in [2.05, 4.69) is 20.8 Å². The molecular formula is C23H22BrNO3. The summed E-state index contributed by atoms with van der Waals surface area (Å²) in [6.07, 6.45) is 6.84. The van der Waals surface area contributed by atoms with Gasteiger partial charge in [-0.25, -0.2) is 0 Å². The van der Waals surface area contributed by atoms with Gasteiger partial charge < -0.3 is 9.47 Å². The highest BCUT2D eigenvalue weighted by Gasteiger charge is 2.36. The minimum Gasteiger partial charge on any atom is -0.478 e. The van der Waals surface area contributed by atoms with E-state index >= 15 is 0 Å². The minimum absolute atomic E-state index is 0.0452. The van der Waals surface area contributed by atoms with Gasteiger partial charge in [-0.1, -0.05) is 40.9 Å². The maximum absolute atomic E-state index is 13.1. The zero-order valence-corrected chi connectivity index (χ0v) is 17.4. The Morgan fingerprint density at radius 3 is 2.68 bits per heavy atom. The highest BCUT2D eigenvalue weighted by atomic mass is 79.9. The van der Waals surface area contributed by atoms with Gasteiger partial charge in [0.2, 0.25) is 5.78 Å². The van der Waals surface area contributed by atoms with Crippen LogP contribution >= 0.6 is 15.9 Å². The van der Waals surface area contributed by atoms with Crippen molar-refractivity contribution in [2.45, 2.75) is 45.2 Å². The number of ether oxygens (including phenoxy) is 2. The Kier molecular flexibility index (Phi) is 4.52. The Labute approximate surface area is 173 Å². The molecule has 28 heavy (non-hydrogen) atoms. The molecule has 1 saturated carbocycles. The smallest absolute Gasteiger partial charge is 0.232 e. The lowest BCUT2D eigenvalue weighted by atomic mass is 9.98. The van der Waals surface area contributed by atoms with Gasteiger partial charge in [0.25, 0.3) is 0 Å². The lowest BCUT2D eigenvalue weighted by molar-refractivity contribution is 0.0567. The minimum atomic E-state index is -0.0452. The van der Waals surface area contributed by atoms with Crippen molar-refractivity contribution in [2.24, 2.45) is 0 Å². The first-order valence-electron chi connectivity index (χ1n) is 9.83. The second-order valence-electron chi connectivity index (χ2n) is 7.82. The standard InChI is InChI=1S/C23H22BrNO3/c1-14-10-19-18(12-25(13-27-19)17-4-2-3-5-17)23-21(14)22(26)20(28-23)11-15-6-8-16(24)9-7-15/h6-11,17H,2-5,12-13H2,1H3/b20-11-. The first-order valence-corrected chi connectivity index (χ1v) is 10.6. The highest BCUT2D eigenvalue weighted by Crippen LogP contribution is 2.44. The van der Waals surface area contributed by atoms with Gasteiger partial charge in [0, 0.05) is 17.1 Å². The number of carbonyl (C=O) groups excluding carboxylic acids is 1. The molecule has 144 valence electrons. The largest absolute Gasteiger partial charge is 0.478 e. The van der Waals surface area contributed by atoms with E-state index in [1.54, 1.807) is 0 Å². The van der Waals surface area contributed by atoms with Crippen molar-refractivity contribution in [2.75, 3.05) is 6.73 Å². The van der Waals surface area contributed by atoms with Crippen LogP contribution in [0.25, 0.3) is 6.08 Å². The van der Waals surface area contributed by atoms with Crippen molar-refractivity contribution < 1.29 is 14.3 Å². The summed E-state index contributed by atoms with van der Waals surface area (Å²) in [6.45, 7) is 3.35. The van der Waals surface area contributed by atoms with Crippen molar-refractivity contribution in [1.29, 1.82) is 0 Å². The Hall–Kier alpha value is -2.11. The van der Waals surface area contributed by atoms with Gasteiger partial charge in [-0.3, -0.25) is 9.69 Å². The summed E-state index contributed by atoms with van der Waals surface area (Å²) >= 11 is 3.44. The lowest BCUT2D eigenvalue weighted by Crippen LogP contribution is -2.39. The Morgan fingerprint density at radius 2 is 1.93 bits per heavy atom. The van der Waals surface area contributed by atoms with Gasteiger partial charge >= 0.3 is 0 Å². The zero-order chi connectivity index (χ0) is 19.3. The number of aryl methyl sites for hydroxylation is 1. The molecule has 3 aliphatic rings. The van der Waals surface area contributed by atoms with Gasteiger partial charge in [0.1, 0.15) is 18.2 Å². The maximum atomic E-state index is 13.1. The number of benzene rings is 2. The Bertz CT molecular complexity index is 974. The molecule has 2 aliphatic heterocycles. The molecule has 0 unspecified atom stereocenters. The molecule has 2 heterocycles. The summed E-state index contributed by atoms with van der Waals surface area (Å²) in [6, 6.07) is 10.4. The van der Waals surface area contributed by atoms with E-state index in [-0.39, 0.29) is 5.78 Å². The Balaban J connectivity index is 1.50. The molecule has 5 rings (SSSR count). The first kappa shape index (κ1) is 18.0. The molecule has 1 fully saturated rings. The van der Waals surface area contributed by atoms with Crippen molar-refractivity contribution >= 4 is 27.8 Å². The SMILES string of the molecule is Cc1cc2c(c3c1C(=O)/C(=C/c1ccc(Br)cc1)O3)CN(C1CCCC1)CO2. The van der Waals surface area contributed by atoms with Gasteiger partial charge in [0.05, 0.1) is 11.1 Å². The monoisotopic (exact) mass is 439 g/mol. The summed E-state index contributed by atoms with van der Waals surface area (Å²) in [4.78, 5) is 15.4. The molecule has 0 N–H and O–H groups in total. The van der Waals surface area contributed by atoms with Gasteiger partial charge in [-0.15, -0.1) is 0 Å². The van der Waals surface area contributed by atoms with Gasteiger partial charge in [-0.2, -0.15) is 0 Å². The Morgan fingerprint density at radius 1 is 1.18 bits per heavy atom. The topological polar surface area (TPSA) is 38.8 Å². The molecule has 0 aromatic heterocycles. The third-order valence-electron chi connectivity index (χ3n) is 5.96. The van der Waals surface area contributed by atoms with Crippen LogP contribution in [0.4, 0.5) is 0 Å². The molecular weight excluding hydrogens is 418 g/mol. The fraction of sp³-hybridized carbons (Fsp3) is 0.348. The van der Waals surface area contributed by atoms with Crippen LogP contribution in [0.15, 0.2) is 40.6 Å². The average Bonchev–Trinajstić information content (AvgIpc) is 3.33. The summed E-state index contributed by atoms with van der Waals surface area (Å²) in [5.74, 6) is 1.87. The van der Waals surface area contributed by atoms with Crippen molar-refractivity contribution in [1.82, 2.24) is 4.90 Å². The van der Waals surface area contributed by atoms with Crippen molar-refractivity contribution in [3.63, 3.8) is 0 Å².